The molecular formula is C26H31NO5. The van der Waals surface area contributed by atoms with Gasteiger partial charge in [0.1, 0.15) is 11.9 Å². The van der Waals surface area contributed by atoms with E-state index in [1.165, 1.54) is 5.56 Å². The molecule has 0 bridgehead atoms. The van der Waals surface area contributed by atoms with Crippen LogP contribution in [0, 0.1) is 0 Å². The van der Waals surface area contributed by atoms with Crippen molar-refractivity contribution in [2.75, 3.05) is 41.5 Å². The number of fused-ring (bicyclic) bond motifs is 1. The van der Waals surface area contributed by atoms with E-state index < -0.39 is 5.79 Å². The molecule has 0 radical (unpaired) electrons. The molecule has 170 valence electrons. The topological polar surface area (TPSA) is 49.4 Å². The Morgan fingerprint density at radius 1 is 0.969 bits per heavy atom. The van der Waals surface area contributed by atoms with Crippen molar-refractivity contribution in [3.63, 3.8) is 0 Å². The molecule has 4 atom stereocenters. The highest BCUT2D eigenvalue weighted by Crippen LogP contribution is 2.52. The number of rotatable bonds is 5. The average Bonchev–Trinajstić information content (AvgIpc) is 3.41. The normalized spacial score (nSPS) is 31.6. The Labute approximate surface area is 189 Å². The van der Waals surface area contributed by atoms with Crippen molar-refractivity contribution in [2.24, 2.45) is 0 Å². The Kier molecular flexibility index (Phi) is 5.40. The maximum Gasteiger partial charge on any atom is 0.190 e. The number of benzene rings is 2. The zero-order valence-corrected chi connectivity index (χ0v) is 19.2. The molecule has 2 saturated heterocycles. The summed E-state index contributed by atoms with van der Waals surface area (Å²) >= 11 is 0. The minimum absolute atomic E-state index is 0.111. The van der Waals surface area contributed by atoms with Gasteiger partial charge in [-0.05, 0) is 61.5 Å². The maximum atomic E-state index is 6.56. The molecular weight excluding hydrogens is 406 g/mol. The number of ether oxygens (including phenoxy) is 5. The Bertz CT molecular complexity index is 1020. The van der Waals surface area contributed by atoms with Crippen molar-refractivity contribution in [1.82, 2.24) is 4.90 Å². The second-order valence-electron chi connectivity index (χ2n) is 8.90. The predicted octanol–water partition coefficient (Wildman–Crippen LogP) is 4.10. The van der Waals surface area contributed by atoms with Gasteiger partial charge in [0.05, 0.1) is 27.9 Å². The van der Waals surface area contributed by atoms with E-state index in [0.717, 1.165) is 42.2 Å². The lowest BCUT2D eigenvalue weighted by molar-refractivity contribution is -0.150. The summed E-state index contributed by atoms with van der Waals surface area (Å²) in [6.45, 7) is 1.54. The summed E-state index contributed by atoms with van der Waals surface area (Å²) in [5.74, 6) is 1.62. The number of likely N-dealkylation sites (N-methyl/N-ethyl adjacent to an activating group) is 1. The van der Waals surface area contributed by atoms with Gasteiger partial charge in [0.25, 0.3) is 0 Å². The number of hydrogen-bond acceptors (Lipinski definition) is 6. The van der Waals surface area contributed by atoms with Gasteiger partial charge in [0.15, 0.2) is 17.3 Å². The molecule has 0 aromatic heterocycles. The summed E-state index contributed by atoms with van der Waals surface area (Å²) in [5.41, 5.74) is 2.20. The molecule has 2 fully saturated rings. The first-order valence-corrected chi connectivity index (χ1v) is 11.1. The molecule has 0 saturated carbocycles. The molecule has 6 heteroatoms. The molecule has 32 heavy (non-hydrogen) atoms. The van der Waals surface area contributed by atoms with Crippen LogP contribution in [-0.4, -0.2) is 58.3 Å². The highest BCUT2D eigenvalue weighted by atomic mass is 16.7. The molecule has 2 heterocycles. The molecule has 2 aromatic carbocycles. The van der Waals surface area contributed by atoms with E-state index in [2.05, 4.69) is 42.3 Å². The maximum absolute atomic E-state index is 6.56. The lowest BCUT2D eigenvalue weighted by Gasteiger charge is -2.43. The van der Waals surface area contributed by atoms with Crippen molar-refractivity contribution in [3.05, 3.63) is 65.7 Å². The first-order valence-electron chi connectivity index (χ1n) is 11.1. The van der Waals surface area contributed by atoms with E-state index in [1.54, 1.807) is 21.3 Å². The van der Waals surface area contributed by atoms with E-state index in [4.69, 9.17) is 23.7 Å². The van der Waals surface area contributed by atoms with Crippen molar-refractivity contribution < 1.29 is 23.7 Å². The Morgan fingerprint density at radius 2 is 1.81 bits per heavy atom. The van der Waals surface area contributed by atoms with Crippen LogP contribution in [0.1, 0.15) is 30.1 Å². The fraction of sp³-hybridized carbons (Fsp3) is 0.462. The third-order valence-electron chi connectivity index (χ3n) is 7.32. The SMILES string of the molecule is COc1cccc(C2COC3(C=CC4(c5ccc(OC)c(OC)c5)CCN(C)C4C3)O2)c1. The van der Waals surface area contributed by atoms with Crippen LogP contribution in [-0.2, 0) is 14.9 Å². The zero-order chi connectivity index (χ0) is 22.3. The van der Waals surface area contributed by atoms with Crippen LogP contribution in [0.15, 0.2) is 54.6 Å². The summed E-state index contributed by atoms with van der Waals surface area (Å²) in [6, 6.07) is 14.6. The van der Waals surface area contributed by atoms with Gasteiger partial charge in [-0.3, -0.25) is 0 Å². The third-order valence-corrected chi connectivity index (χ3v) is 7.32. The summed E-state index contributed by atoms with van der Waals surface area (Å²) in [6.07, 6.45) is 6.14. The van der Waals surface area contributed by atoms with Crippen molar-refractivity contribution in [1.29, 1.82) is 0 Å². The zero-order valence-electron chi connectivity index (χ0n) is 19.2. The fourth-order valence-corrected chi connectivity index (χ4v) is 5.51. The highest BCUT2D eigenvalue weighted by Gasteiger charge is 2.55. The Hall–Kier alpha value is -2.54. The van der Waals surface area contributed by atoms with E-state index in [9.17, 15) is 0 Å². The van der Waals surface area contributed by atoms with Gasteiger partial charge < -0.3 is 28.6 Å². The van der Waals surface area contributed by atoms with Crippen molar-refractivity contribution in [2.45, 2.75) is 36.2 Å². The summed E-state index contributed by atoms with van der Waals surface area (Å²) in [5, 5.41) is 0. The number of hydrogen-bond donors (Lipinski definition) is 0. The molecule has 5 rings (SSSR count). The molecule has 2 aromatic rings. The summed E-state index contributed by atoms with van der Waals surface area (Å²) < 4.78 is 29.3. The monoisotopic (exact) mass is 437 g/mol. The quantitative estimate of drug-likeness (QED) is 0.657. The van der Waals surface area contributed by atoms with Gasteiger partial charge >= 0.3 is 0 Å². The standard InChI is InChI=1S/C26H31NO5/c1-27-13-12-25(19-8-9-21(29-3)22(15-19)30-4)10-11-26(16-24(25)27)31-17-23(32-26)18-6-5-7-20(14-18)28-2/h5-11,14-15,23-24H,12-13,16-17H2,1-4H3. The minimum atomic E-state index is -0.711. The molecule has 3 aliphatic rings. The van der Waals surface area contributed by atoms with E-state index in [1.807, 2.05) is 24.3 Å². The molecule has 6 nitrogen and oxygen atoms in total. The fourth-order valence-electron chi connectivity index (χ4n) is 5.51. The van der Waals surface area contributed by atoms with Crippen LogP contribution < -0.4 is 14.2 Å². The lowest BCUT2D eigenvalue weighted by atomic mass is 9.68. The van der Waals surface area contributed by atoms with Gasteiger partial charge in [0.2, 0.25) is 0 Å². The van der Waals surface area contributed by atoms with Gasteiger partial charge in [0, 0.05) is 17.9 Å². The second kappa shape index (κ2) is 8.10. The molecule has 0 N–H and O–H groups in total. The molecule has 0 amide bonds. The van der Waals surface area contributed by atoms with Crippen LogP contribution >= 0.6 is 0 Å². The minimum Gasteiger partial charge on any atom is -0.497 e. The summed E-state index contributed by atoms with van der Waals surface area (Å²) in [7, 11) is 7.22. The number of methoxy groups -OCH3 is 3. The van der Waals surface area contributed by atoms with Gasteiger partial charge in [-0.25, -0.2) is 0 Å². The predicted molar refractivity (Wildman–Crippen MR) is 122 cm³/mol. The lowest BCUT2D eigenvalue weighted by Crippen LogP contribution is -2.49. The first kappa shape index (κ1) is 21.3. The molecule has 4 unspecified atom stereocenters. The van der Waals surface area contributed by atoms with Crippen LogP contribution in [0.4, 0.5) is 0 Å². The van der Waals surface area contributed by atoms with Gasteiger partial charge in [-0.1, -0.05) is 24.3 Å². The molecule has 1 spiro atoms. The molecule has 1 aliphatic carbocycles. The molecule has 2 aliphatic heterocycles. The second-order valence-corrected chi connectivity index (χ2v) is 8.90. The van der Waals surface area contributed by atoms with E-state index in [0.29, 0.717) is 6.61 Å². The first-order chi connectivity index (χ1) is 15.5. The van der Waals surface area contributed by atoms with E-state index >= 15 is 0 Å². The smallest absolute Gasteiger partial charge is 0.190 e. The Balaban J connectivity index is 1.46. The highest BCUT2D eigenvalue weighted by molar-refractivity contribution is 5.49. The van der Waals surface area contributed by atoms with Gasteiger partial charge in [-0.2, -0.15) is 0 Å². The van der Waals surface area contributed by atoms with Crippen LogP contribution in [0.3, 0.4) is 0 Å². The third kappa shape index (κ3) is 3.38. The van der Waals surface area contributed by atoms with Crippen LogP contribution in [0.25, 0.3) is 0 Å². The Morgan fingerprint density at radius 3 is 2.59 bits per heavy atom. The van der Waals surface area contributed by atoms with E-state index in [-0.39, 0.29) is 17.6 Å². The largest absolute Gasteiger partial charge is 0.497 e. The van der Waals surface area contributed by atoms with Crippen LogP contribution in [0.5, 0.6) is 17.2 Å². The van der Waals surface area contributed by atoms with Crippen molar-refractivity contribution >= 4 is 0 Å². The van der Waals surface area contributed by atoms with Gasteiger partial charge in [-0.15, -0.1) is 0 Å². The number of likely N-dealkylation sites (tertiary alicyclic amines) is 1. The van der Waals surface area contributed by atoms with Crippen LogP contribution in [0.2, 0.25) is 0 Å². The number of nitrogens with zero attached hydrogens (tertiary/aromatic N) is 1. The average molecular weight is 438 g/mol. The van der Waals surface area contributed by atoms with Crippen molar-refractivity contribution in [3.8, 4) is 17.2 Å². The summed E-state index contributed by atoms with van der Waals surface area (Å²) in [4.78, 5) is 2.42.